The van der Waals surface area contributed by atoms with Crippen molar-refractivity contribution in [3.63, 3.8) is 0 Å². The number of aryl methyl sites for hydroxylation is 1. The molecule has 4 heterocycles. The molecule has 3 aromatic rings. The molecule has 0 aromatic carbocycles. The molecule has 1 aliphatic rings. The molecule has 1 saturated heterocycles. The van der Waals surface area contributed by atoms with Crippen molar-refractivity contribution >= 4 is 11.3 Å². The zero-order valence-corrected chi connectivity index (χ0v) is 13.4. The largest absolute Gasteiger partial charge is 0.371 e. The van der Waals surface area contributed by atoms with Gasteiger partial charge in [0.15, 0.2) is 5.65 Å². The van der Waals surface area contributed by atoms with Gasteiger partial charge in [-0.3, -0.25) is 9.38 Å². The van der Waals surface area contributed by atoms with Gasteiger partial charge in [0.2, 0.25) is 0 Å². The highest BCUT2D eigenvalue weighted by Gasteiger charge is 2.23. The first kappa shape index (κ1) is 14.2. The Morgan fingerprint density at radius 2 is 2.17 bits per heavy atom. The molecule has 0 spiro atoms. The van der Waals surface area contributed by atoms with Crippen LogP contribution in [0.25, 0.3) is 5.65 Å². The van der Waals surface area contributed by atoms with E-state index in [1.54, 1.807) is 0 Å². The average Bonchev–Trinajstić information content (AvgIpc) is 2.99. The molecule has 5 nitrogen and oxygen atoms in total. The molecular formula is C18H21N5. The Labute approximate surface area is 136 Å². The lowest BCUT2D eigenvalue weighted by molar-refractivity contribution is 0.405. The van der Waals surface area contributed by atoms with Crippen molar-refractivity contribution in [2.24, 2.45) is 5.92 Å². The van der Waals surface area contributed by atoms with Crippen LogP contribution in [-0.4, -0.2) is 32.7 Å². The third kappa shape index (κ3) is 2.79. The molecule has 1 atom stereocenters. The van der Waals surface area contributed by atoms with Crippen LogP contribution < -0.4 is 4.90 Å². The van der Waals surface area contributed by atoms with Crippen LogP contribution >= 0.6 is 0 Å². The second-order valence-corrected chi connectivity index (χ2v) is 6.37. The van der Waals surface area contributed by atoms with Gasteiger partial charge in [0.25, 0.3) is 0 Å². The maximum absolute atomic E-state index is 4.39. The van der Waals surface area contributed by atoms with Gasteiger partial charge in [-0.25, -0.2) is 0 Å². The lowest BCUT2D eigenvalue weighted by atomic mass is 9.94. The fourth-order valence-electron chi connectivity index (χ4n) is 3.56. The highest BCUT2D eigenvalue weighted by Crippen LogP contribution is 2.27. The summed E-state index contributed by atoms with van der Waals surface area (Å²) in [4.78, 5) is 6.70. The molecule has 1 unspecified atom stereocenters. The highest BCUT2D eigenvalue weighted by molar-refractivity contribution is 5.51. The number of piperidine rings is 1. The second-order valence-electron chi connectivity index (χ2n) is 6.37. The van der Waals surface area contributed by atoms with Crippen LogP contribution in [0.15, 0.2) is 42.9 Å². The van der Waals surface area contributed by atoms with E-state index in [2.05, 4.69) is 43.7 Å². The van der Waals surface area contributed by atoms with Crippen LogP contribution in [0.5, 0.6) is 0 Å². The van der Waals surface area contributed by atoms with Crippen LogP contribution in [0.4, 0.5) is 5.69 Å². The van der Waals surface area contributed by atoms with E-state index < -0.39 is 0 Å². The Balaban J connectivity index is 1.53. The minimum atomic E-state index is 0.615. The van der Waals surface area contributed by atoms with Crippen molar-refractivity contribution in [3.05, 3.63) is 54.2 Å². The predicted molar refractivity (Wildman–Crippen MR) is 90.6 cm³/mol. The lowest BCUT2D eigenvalue weighted by Gasteiger charge is -2.35. The summed E-state index contributed by atoms with van der Waals surface area (Å²) >= 11 is 0. The van der Waals surface area contributed by atoms with Crippen molar-refractivity contribution in [1.82, 2.24) is 19.6 Å². The molecule has 0 amide bonds. The Morgan fingerprint density at radius 1 is 1.22 bits per heavy atom. The van der Waals surface area contributed by atoms with E-state index >= 15 is 0 Å². The maximum Gasteiger partial charge on any atom is 0.160 e. The summed E-state index contributed by atoms with van der Waals surface area (Å²) in [5.74, 6) is 1.68. The van der Waals surface area contributed by atoms with E-state index in [9.17, 15) is 0 Å². The van der Waals surface area contributed by atoms with Crippen molar-refractivity contribution < 1.29 is 0 Å². The summed E-state index contributed by atoms with van der Waals surface area (Å²) in [7, 11) is 0. The molecule has 0 bridgehead atoms. The van der Waals surface area contributed by atoms with Crippen LogP contribution in [0.3, 0.4) is 0 Å². The smallest absolute Gasteiger partial charge is 0.160 e. The first-order valence-corrected chi connectivity index (χ1v) is 8.25. The van der Waals surface area contributed by atoms with Gasteiger partial charge in [-0.2, -0.15) is 0 Å². The average molecular weight is 307 g/mol. The van der Waals surface area contributed by atoms with Gasteiger partial charge in [-0.05, 0) is 49.4 Å². The molecule has 3 aromatic heterocycles. The summed E-state index contributed by atoms with van der Waals surface area (Å²) < 4.78 is 2.11. The minimum Gasteiger partial charge on any atom is -0.371 e. The van der Waals surface area contributed by atoms with Gasteiger partial charge < -0.3 is 4.90 Å². The Morgan fingerprint density at radius 3 is 3.09 bits per heavy atom. The summed E-state index contributed by atoms with van der Waals surface area (Å²) in [5.41, 5.74) is 3.50. The third-order valence-electron chi connectivity index (χ3n) is 4.71. The number of aromatic nitrogens is 4. The number of fused-ring (bicyclic) bond motifs is 1. The molecule has 1 aliphatic heterocycles. The molecule has 0 radical (unpaired) electrons. The van der Waals surface area contributed by atoms with E-state index in [1.807, 2.05) is 30.6 Å². The summed E-state index contributed by atoms with van der Waals surface area (Å²) in [6.07, 6.45) is 9.35. The van der Waals surface area contributed by atoms with Crippen molar-refractivity contribution in [1.29, 1.82) is 0 Å². The number of hydrogen-bond acceptors (Lipinski definition) is 4. The molecule has 0 aliphatic carbocycles. The molecule has 4 rings (SSSR count). The molecular weight excluding hydrogens is 286 g/mol. The van der Waals surface area contributed by atoms with Gasteiger partial charge >= 0.3 is 0 Å². The van der Waals surface area contributed by atoms with Crippen LogP contribution in [-0.2, 0) is 6.42 Å². The highest BCUT2D eigenvalue weighted by atomic mass is 15.2. The van der Waals surface area contributed by atoms with Crippen LogP contribution in [0.2, 0.25) is 0 Å². The SMILES string of the molecule is Cc1cnccc1N1CCCC(Cc2nnc3ccccn23)C1. The molecule has 5 heteroatoms. The van der Waals surface area contributed by atoms with Gasteiger partial charge in [0.05, 0.1) is 0 Å². The van der Waals surface area contributed by atoms with Crippen molar-refractivity contribution in [3.8, 4) is 0 Å². The molecule has 0 saturated carbocycles. The van der Waals surface area contributed by atoms with Crippen LogP contribution in [0.1, 0.15) is 24.2 Å². The quantitative estimate of drug-likeness (QED) is 0.746. The Hall–Kier alpha value is -2.43. The fourth-order valence-corrected chi connectivity index (χ4v) is 3.56. The number of anilines is 1. The number of pyridine rings is 2. The second kappa shape index (κ2) is 5.99. The van der Waals surface area contributed by atoms with Gasteiger partial charge in [0, 0.05) is 43.8 Å². The zero-order valence-electron chi connectivity index (χ0n) is 13.4. The van der Waals surface area contributed by atoms with Crippen molar-refractivity contribution in [2.45, 2.75) is 26.2 Å². The normalized spacial score (nSPS) is 18.5. The monoisotopic (exact) mass is 307 g/mol. The molecule has 1 fully saturated rings. The molecule has 23 heavy (non-hydrogen) atoms. The van der Waals surface area contributed by atoms with E-state index in [1.165, 1.54) is 24.1 Å². The van der Waals surface area contributed by atoms with Crippen LogP contribution in [0, 0.1) is 12.8 Å². The zero-order chi connectivity index (χ0) is 15.6. The first-order valence-electron chi connectivity index (χ1n) is 8.25. The Bertz CT molecular complexity index is 810. The van der Waals surface area contributed by atoms with Gasteiger partial charge in [-0.1, -0.05) is 6.07 Å². The van der Waals surface area contributed by atoms with E-state index in [0.717, 1.165) is 31.0 Å². The summed E-state index contributed by atoms with van der Waals surface area (Å²) in [5, 5.41) is 8.66. The number of nitrogens with zero attached hydrogens (tertiary/aromatic N) is 5. The summed E-state index contributed by atoms with van der Waals surface area (Å²) in [6.45, 7) is 4.34. The van der Waals surface area contributed by atoms with Gasteiger partial charge in [-0.15, -0.1) is 10.2 Å². The number of hydrogen-bond donors (Lipinski definition) is 0. The molecule has 0 N–H and O–H groups in total. The van der Waals surface area contributed by atoms with E-state index in [-0.39, 0.29) is 0 Å². The fraction of sp³-hybridized carbons (Fsp3) is 0.389. The standard InChI is InChI=1S/C18H21N5/c1-14-12-19-8-7-16(14)22-9-4-5-15(13-22)11-18-21-20-17-6-2-3-10-23(17)18/h2-3,6-8,10,12,15H,4-5,9,11,13H2,1H3. The van der Waals surface area contributed by atoms with Crippen molar-refractivity contribution in [2.75, 3.05) is 18.0 Å². The Kier molecular flexibility index (Phi) is 3.69. The minimum absolute atomic E-state index is 0.615. The molecule has 118 valence electrons. The number of rotatable bonds is 3. The van der Waals surface area contributed by atoms with E-state index in [4.69, 9.17) is 0 Å². The maximum atomic E-state index is 4.39. The topological polar surface area (TPSA) is 46.3 Å². The van der Waals surface area contributed by atoms with Gasteiger partial charge in [0.1, 0.15) is 5.82 Å². The summed E-state index contributed by atoms with van der Waals surface area (Å²) in [6, 6.07) is 8.17. The predicted octanol–water partition coefficient (Wildman–Crippen LogP) is 2.89. The third-order valence-corrected chi connectivity index (χ3v) is 4.71. The first-order chi connectivity index (χ1) is 11.3. The lowest BCUT2D eigenvalue weighted by Crippen LogP contribution is -2.36. The van der Waals surface area contributed by atoms with E-state index in [0.29, 0.717) is 5.92 Å².